The van der Waals surface area contributed by atoms with E-state index >= 15 is 0 Å². The van der Waals surface area contributed by atoms with Crippen LogP contribution < -0.4 is 0 Å². The standard InChI is InChI=1S/C25H30O3/c1-22-6-3-14(26)11-19(22)24(9-10-24)13-16-17(22)4-7-23(2)21(16)15-12-18(15)25(23)8-5-20(27)28-25/h4,7,11,15-18,21H,3,5-6,8-10,12-13H2,1-2H3/t15-,16?,17?,18?,21?,22-,23+,25+/m1/s1. The predicted octanol–water partition coefficient (Wildman–Crippen LogP) is 4.62. The fourth-order valence-corrected chi connectivity index (χ4v) is 9.34. The molecule has 7 rings (SSSR count). The van der Waals surface area contributed by atoms with Crippen LogP contribution in [0, 0.1) is 45.8 Å². The van der Waals surface area contributed by atoms with Gasteiger partial charge >= 0.3 is 5.97 Å². The van der Waals surface area contributed by atoms with Crippen molar-refractivity contribution in [1.29, 1.82) is 0 Å². The van der Waals surface area contributed by atoms with Crippen LogP contribution in [0.4, 0.5) is 0 Å². The second kappa shape index (κ2) is 4.52. The van der Waals surface area contributed by atoms with E-state index in [-0.39, 0.29) is 22.4 Å². The van der Waals surface area contributed by atoms with E-state index < -0.39 is 0 Å². The summed E-state index contributed by atoms with van der Waals surface area (Å²) in [4.78, 5) is 24.5. The summed E-state index contributed by atoms with van der Waals surface area (Å²) in [6.45, 7) is 4.87. The highest BCUT2D eigenvalue weighted by molar-refractivity contribution is 5.92. The summed E-state index contributed by atoms with van der Waals surface area (Å²) >= 11 is 0. The second-order valence-electron chi connectivity index (χ2n) is 11.7. The summed E-state index contributed by atoms with van der Waals surface area (Å²) in [6.07, 6.45) is 15.4. The lowest BCUT2D eigenvalue weighted by Crippen LogP contribution is -2.56. The van der Waals surface area contributed by atoms with Crippen molar-refractivity contribution in [3.05, 3.63) is 23.8 Å². The van der Waals surface area contributed by atoms with E-state index in [0.717, 1.165) is 18.8 Å². The fourth-order valence-electron chi connectivity index (χ4n) is 9.34. The molecule has 28 heavy (non-hydrogen) atoms. The lowest BCUT2D eigenvalue weighted by molar-refractivity contribution is -0.162. The topological polar surface area (TPSA) is 43.4 Å². The zero-order valence-electron chi connectivity index (χ0n) is 17.0. The highest BCUT2D eigenvalue weighted by Gasteiger charge is 2.79. The predicted molar refractivity (Wildman–Crippen MR) is 104 cm³/mol. The Kier molecular flexibility index (Phi) is 2.65. The van der Waals surface area contributed by atoms with Gasteiger partial charge in [-0.15, -0.1) is 0 Å². The molecule has 0 aromatic carbocycles. The maximum absolute atomic E-state index is 12.3. The zero-order valence-corrected chi connectivity index (χ0v) is 17.0. The van der Waals surface area contributed by atoms with Crippen molar-refractivity contribution in [3.8, 4) is 0 Å². The molecule has 0 aromatic rings. The molecule has 0 radical (unpaired) electrons. The third kappa shape index (κ3) is 1.60. The highest BCUT2D eigenvalue weighted by Crippen LogP contribution is 2.80. The molecular weight excluding hydrogens is 348 g/mol. The van der Waals surface area contributed by atoms with Crippen LogP contribution in [0.3, 0.4) is 0 Å². The summed E-state index contributed by atoms with van der Waals surface area (Å²) in [5, 5.41) is 0. The van der Waals surface area contributed by atoms with Crippen LogP contribution in [0.15, 0.2) is 23.8 Å². The Labute approximate surface area is 167 Å². The molecule has 6 aliphatic carbocycles. The molecule has 8 atom stereocenters. The van der Waals surface area contributed by atoms with E-state index in [1.54, 1.807) is 0 Å². The summed E-state index contributed by atoms with van der Waals surface area (Å²) in [5.41, 5.74) is 1.74. The Morgan fingerprint density at radius 1 is 1.04 bits per heavy atom. The average Bonchev–Trinajstić information content (AvgIpc) is 3.55. The van der Waals surface area contributed by atoms with Gasteiger partial charge in [0.1, 0.15) is 5.60 Å². The van der Waals surface area contributed by atoms with E-state index in [4.69, 9.17) is 4.74 Å². The van der Waals surface area contributed by atoms with Crippen molar-refractivity contribution in [2.45, 2.75) is 70.8 Å². The Morgan fingerprint density at radius 2 is 1.86 bits per heavy atom. The molecule has 5 fully saturated rings. The summed E-state index contributed by atoms with van der Waals surface area (Å²) < 4.78 is 6.18. The van der Waals surface area contributed by atoms with E-state index in [1.807, 2.05) is 0 Å². The largest absolute Gasteiger partial charge is 0.458 e. The SMILES string of the molecule is C[C@]12CCC(=O)C=C1C1(CC1)CC1C2C=C[C@@]2(C)C1[C@@H]1CC1[C@@]21CCC(=O)O1. The van der Waals surface area contributed by atoms with Crippen LogP contribution >= 0.6 is 0 Å². The molecule has 148 valence electrons. The van der Waals surface area contributed by atoms with E-state index in [1.165, 1.54) is 31.3 Å². The normalized spacial score (nSPS) is 56.6. The molecular formula is C25H30O3. The number of esters is 1. The Morgan fingerprint density at radius 3 is 2.57 bits per heavy atom. The van der Waals surface area contributed by atoms with Gasteiger partial charge in [-0.1, -0.05) is 31.6 Å². The van der Waals surface area contributed by atoms with Gasteiger partial charge in [0.2, 0.25) is 0 Å². The molecule has 0 amide bonds. The first kappa shape index (κ1) is 16.4. The number of ketones is 1. The number of carbonyl (C=O) groups excluding carboxylic acids is 2. The van der Waals surface area contributed by atoms with Crippen LogP contribution in [0.1, 0.15) is 65.2 Å². The molecule has 2 spiro atoms. The van der Waals surface area contributed by atoms with Gasteiger partial charge in [0, 0.05) is 24.2 Å². The molecule has 1 heterocycles. The van der Waals surface area contributed by atoms with Crippen LogP contribution in [-0.4, -0.2) is 17.4 Å². The Hall–Kier alpha value is -1.38. The molecule has 4 saturated carbocycles. The summed E-state index contributed by atoms with van der Waals surface area (Å²) in [5.74, 6) is 3.57. The number of hydrogen-bond acceptors (Lipinski definition) is 3. The van der Waals surface area contributed by atoms with Crippen molar-refractivity contribution < 1.29 is 14.3 Å². The maximum atomic E-state index is 12.3. The third-order valence-electron chi connectivity index (χ3n) is 10.7. The van der Waals surface area contributed by atoms with Gasteiger partial charge in [0.05, 0.1) is 0 Å². The monoisotopic (exact) mass is 378 g/mol. The van der Waals surface area contributed by atoms with Gasteiger partial charge in [-0.2, -0.15) is 0 Å². The number of hydrogen-bond donors (Lipinski definition) is 0. The van der Waals surface area contributed by atoms with Crippen molar-refractivity contribution in [3.63, 3.8) is 0 Å². The number of carbonyl (C=O) groups is 2. The van der Waals surface area contributed by atoms with Crippen molar-refractivity contribution in [1.82, 2.24) is 0 Å². The van der Waals surface area contributed by atoms with Gasteiger partial charge in [-0.25, -0.2) is 0 Å². The molecule has 3 nitrogen and oxygen atoms in total. The van der Waals surface area contributed by atoms with Gasteiger partial charge < -0.3 is 4.74 Å². The summed E-state index contributed by atoms with van der Waals surface area (Å²) in [6, 6.07) is 0. The van der Waals surface area contributed by atoms with Crippen LogP contribution in [0.25, 0.3) is 0 Å². The Balaban J connectivity index is 1.38. The maximum Gasteiger partial charge on any atom is 0.306 e. The van der Waals surface area contributed by atoms with E-state index in [9.17, 15) is 9.59 Å². The quantitative estimate of drug-likeness (QED) is 0.456. The number of fused-ring (bicyclic) bond motifs is 10. The van der Waals surface area contributed by atoms with E-state index in [0.29, 0.717) is 47.7 Å². The lowest BCUT2D eigenvalue weighted by Gasteiger charge is -2.59. The molecule has 0 bridgehead atoms. The second-order valence-corrected chi connectivity index (χ2v) is 11.7. The van der Waals surface area contributed by atoms with Crippen LogP contribution in [0.2, 0.25) is 0 Å². The molecule has 7 aliphatic rings. The zero-order chi connectivity index (χ0) is 19.1. The van der Waals surface area contributed by atoms with Gasteiger partial charge in [0.25, 0.3) is 0 Å². The third-order valence-corrected chi connectivity index (χ3v) is 10.7. The van der Waals surface area contributed by atoms with Crippen LogP contribution in [-0.2, 0) is 14.3 Å². The summed E-state index contributed by atoms with van der Waals surface area (Å²) in [7, 11) is 0. The first-order valence-electron chi connectivity index (χ1n) is 11.5. The van der Waals surface area contributed by atoms with Crippen LogP contribution in [0.5, 0.6) is 0 Å². The van der Waals surface area contributed by atoms with Crippen molar-refractivity contribution in [2.75, 3.05) is 0 Å². The first-order chi connectivity index (χ1) is 13.3. The molecule has 1 aliphatic heterocycles. The minimum absolute atomic E-state index is 0.00601. The minimum atomic E-state index is -0.225. The van der Waals surface area contributed by atoms with Gasteiger partial charge in [0.15, 0.2) is 5.78 Å². The fraction of sp³-hybridized carbons (Fsp3) is 0.760. The first-order valence-corrected chi connectivity index (χ1v) is 11.5. The molecule has 0 N–H and O–H groups in total. The van der Waals surface area contributed by atoms with Gasteiger partial charge in [-0.3, -0.25) is 9.59 Å². The molecule has 1 saturated heterocycles. The van der Waals surface area contributed by atoms with Gasteiger partial charge in [-0.05, 0) is 79.1 Å². The van der Waals surface area contributed by atoms with Crippen molar-refractivity contribution in [2.24, 2.45) is 45.8 Å². The number of rotatable bonds is 0. The lowest BCUT2D eigenvalue weighted by atomic mass is 9.45. The minimum Gasteiger partial charge on any atom is -0.458 e. The smallest absolute Gasteiger partial charge is 0.306 e. The highest BCUT2D eigenvalue weighted by atomic mass is 16.6. The van der Waals surface area contributed by atoms with Crippen molar-refractivity contribution >= 4 is 11.8 Å². The number of allylic oxidation sites excluding steroid dienone is 3. The molecule has 4 unspecified atom stereocenters. The molecule has 3 heteroatoms. The average molecular weight is 379 g/mol. The Bertz CT molecular complexity index is 893. The number of ether oxygens (including phenoxy) is 1. The van der Waals surface area contributed by atoms with E-state index in [2.05, 4.69) is 32.1 Å². The molecule has 0 aromatic heterocycles.